The molecule has 0 saturated carbocycles. The van der Waals surface area contributed by atoms with Crippen molar-refractivity contribution in [1.82, 2.24) is 10.3 Å². The maximum atomic E-state index is 12.5. The van der Waals surface area contributed by atoms with Crippen LogP contribution in [0.2, 0.25) is 0 Å². The summed E-state index contributed by atoms with van der Waals surface area (Å²) in [4.78, 5) is 28.9. The normalized spacial score (nSPS) is 10.2. The fraction of sp³-hybridized carbons (Fsp3) is 0.174. The zero-order chi connectivity index (χ0) is 20.5. The molecule has 1 aromatic heterocycles. The van der Waals surface area contributed by atoms with Gasteiger partial charge < -0.3 is 15.4 Å². The van der Waals surface area contributed by atoms with Crippen molar-refractivity contribution >= 4 is 17.5 Å². The number of rotatable bonds is 8. The molecule has 1 heterocycles. The first-order chi connectivity index (χ1) is 14.2. The average molecular weight is 389 g/mol. The number of carbonyl (C=O) groups is 2. The average Bonchev–Trinajstić information content (AvgIpc) is 2.77. The van der Waals surface area contributed by atoms with E-state index in [1.807, 2.05) is 18.2 Å². The fourth-order valence-electron chi connectivity index (χ4n) is 2.83. The molecule has 0 spiro atoms. The van der Waals surface area contributed by atoms with Gasteiger partial charge in [0, 0.05) is 30.1 Å². The number of methoxy groups -OCH3 is 1. The molecule has 0 unspecified atom stereocenters. The third-order valence-electron chi connectivity index (χ3n) is 4.35. The maximum absolute atomic E-state index is 12.5. The zero-order valence-corrected chi connectivity index (χ0v) is 16.2. The van der Waals surface area contributed by atoms with E-state index < -0.39 is 0 Å². The van der Waals surface area contributed by atoms with Gasteiger partial charge in [-0.2, -0.15) is 0 Å². The van der Waals surface area contributed by atoms with Crippen molar-refractivity contribution in [3.63, 3.8) is 0 Å². The molecule has 0 aliphatic carbocycles. The summed E-state index contributed by atoms with van der Waals surface area (Å²) in [7, 11) is 1.56. The van der Waals surface area contributed by atoms with Crippen LogP contribution in [-0.4, -0.2) is 30.5 Å². The Hall–Kier alpha value is -3.67. The fourth-order valence-corrected chi connectivity index (χ4v) is 2.83. The Balaban J connectivity index is 1.55. The Labute approximate surface area is 169 Å². The van der Waals surface area contributed by atoms with Gasteiger partial charge in [-0.1, -0.05) is 36.4 Å². The highest BCUT2D eigenvalue weighted by Gasteiger charge is 2.12. The lowest BCUT2D eigenvalue weighted by Gasteiger charge is -2.08. The highest BCUT2D eigenvalue weighted by atomic mass is 16.5. The molecule has 0 aliphatic heterocycles. The van der Waals surface area contributed by atoms with E-state index in [2.05, 4.69) is 27.8 Å². The number of carbonyl (C=O) groups excluding carboxylic acids is 2. The number of ether oxygens (including phenoxy) is 1. The van der Waals surface area contributed by atoms with Gasteiger partial charge in [0.15, 0.2) is 0 Å². The van der Waals surface area contributed by atoms with Crippen LogP contribution in [0.15, 0.2) is 72.9 Å². The molecule has 29 heavy (non-hydrogen) atoms. The second-order valence-corrected chi connectivity index (χ2v) is 6.46. The van der Waals surface area contributed by atoms with E-state index in [-0.39, 0.29) is 17.5 Å². The van der Waals surface area contributed by atoms with Crippen LogP contribution < -0.4 is 15.4 Å². The van der Waals surface area contributed by atoms with Gasteiger partial charge in [-0.3, -0.25) is 14.6 Å². The number of pyridine rings is 1. The molecule has 6 nitrogen and oxygen atoms in total. The number of hydrogen-bond donors (Lipinski definition) is 2. The summed E-state index contributed by atoms with van der Waals surface area (Å²) in [5.41, 5.74) is 2.41. The third kappa shape index (κ3) is 5.90. The summed E-state index contributed by atoms with van der Waals surface area (Å²) in [6, 6.07) is 20.2. The van der Waals surface area contributed by atoms with Crippen molar-refractivity contribution in [2.24, 2.45) is 0 Å². The van der Waals surface area contributed by atoms with E-state index in [1.54, 1.807) is 37.4 Å². The molecule has 0 radical (unpaired) electrons. The zero-order valence-electron chi connectivity index (χ0n) is 16.2. The third-order valence-corrected chi connectivity index (χ3v) is 4.35. The molecule has 0 saturated heterocycles. The minimum atomic E-state index is -0.321. The van der Waals surface area contributed by atoms with E-state index >= 15 is 0 Å². The van der Waals surface area contributed by atoms with Crippen LogP contribution in [0.3, 0.4) is 0 Å². The standard InChI is InChI=1S/C23H23N3O3/c1-29-20-11-5-10-19(16-20)26-22(27)18-12-14-24-21(15-18)23(28)25-13-6-9-17-7-3-2-4-8-17/h2-5,7-8,10-12,14-16H,6,9,13H2,1H3,(H,25,28)(H,26,27). The molecule has 2 aromatic carbocycles. The van der Waals surface area contributed by atoms with Gasteiger partial charge in [-0.15, -0.1) is 0 Å². The van der Waals surface area contributed by atoms with Crippen molar-refractivity contribution < 1.29 is 14.3 Å². The highest BCUT2D eigenvalue weighted by molar-refractivity contribution is 6.05. The second-order valence-electron chi connectivity index (χ2n) is 6.46. The molecule has 6 heteroatoms. The molecule has 2 amide bonds. The first kappa shape index (κ1) is 20.1. The molecule has 148 valence electrons. The quantitative estimate of drug-likeness (QED) is 0.576. The molecule has 0 atom stereocenters. The summed E-state index contributed by atoms with van der Waals surface area (Å²) in [6.45, 7) is 0.537. The van der Waals surface area contributed by atoms with Gasteiger partial charge in [-0.05, 0) is 42.7 Å². The summed E-state index contributed by atoms with van der Waals surface area (Å²) >= 11 is 0. The second kappa shape index (κ2) is 10.0. The number of aryl methyl sites for hydroxylation is 1. The topological polar surface area (TPSA) is 80.3 Å². The Kier molecular flexibility index (Phi) is 6.95. The van der Waals surface area contributed by atoms with Crippen molar-refractivity contribution in [3.8, 4) is 5.75 Å². The Bertz CT molecular complexity index is 974. The molecular formula is C23H23N3O3. The monoisotopic (exact) mass is 389 g/mol. The van der Waals surface area contributed by atoms with E-state index in [0.29, 0.717) is 23.5 Å². The van der Waals surface area contributed by atoms with Crippen LogP contribution >= 0.6 is 0 Å². The van der Waals surface area contributed by atoms with Crippen molar-refractivity contribution in [3.05, 3.63) is 89.7 Å². The van der Waals surface area contributed by atoms with E-state index in [0.717, 1.165) is 12.8 Å². The number of aromatic nitrogens is 1. The lowest BCUT2D eigenvalue weighted by molar-refractivity contribution is 0.0948. The SMILES string of the molecule is COc1cccc(NC(=O)c2ccnc(C(=O)NCCCc3ccccc3)c2)c1. The number of nitrogens with one attached hydrogen (secondary N) is 2. The first-order valence-corrected chi connectivity index (χ1v) is 9.39. The van der Waals surface area contributed by atoms with E-state index in [1.165, 1.54) is 17.8 Å². The molecule has 0 fully saturated rings. The van der Waals surface area contributed by atoms with Crippen molar-refractivity contribution in [2.45, 2.75) is 12.8 Å². The molecule has 0 bridgehead atoms. The Morgan fingerprint density at radius 2 is 1.79 bits per heavy atom. The van der Waals surface area contributed by atoms with Gasteiger partial charge in [0.2, 0.25) is 0 Å². The summed E-state index contributed by atoms with van der Waals surface area (Å²) < 4.78 is 5.15. The van der Waals surface area contributed by atoms with Crippen LogP contribution in [0, 0.1) is 0 Å². The summed E-state index contributed by atoms with van der Waals surface area (Å²) in [6.07, 6.45) is 3.17. The van der Waals surface area contributed by atoms with Crippen LogP contribution in [0.5, 0.6) is 5.75 Å². The van der Waals surface area contributed by atoms with E-state index in [9.17, 15) is 9.59 Å². The molecular weight excluding hydrogens is 366 g/mol. The highest BCUT2D eigenvalue weighted by Crippen LogP contribution is 2.17. The molecule has 2 N–H and O–H groups in total. The van der Waals surface area contributed by atoms with Crippen molar-refractivity contribution in [2.75, 3.05) is 19.0 Å². The van der Waals surface area contributed by atoms with E-state index in [4.69, 9.17) is 4.74 Å². The van der Waals surface area contributed by atoms with Gasteiger partial charge in [-0.25, -0.2) is 0 Å². The van der Waals surface area contributed by atoms with Gasteiger partial charge in [0.1, 0.15) is 11.4 Å². The Morgan fingerprint density at radius 3 is 2.59 bits per heavy atom. The van der Waals surface area contributed by atoms with Gasteiger partial charge in [0.05, 0.1) is 7.11 Å². The predicted octanol–water partition coefficient (Wildman–Crippen LogP) is 3.71. The summed E-state index contributed by atoms with van der Waals surface area (Å²) in [5.74, 6) is 0.0287. The number of benzene rings is 2. The van der Waals surface area contributed by atoms with Crippen LogP contribution in [0.4, 0.5) is 5.69 Å². The van der Waals surface area contributed by atoms with Crippen LogP contribution in [0.25, 0.3) is 0 Å². The van der Waals surface area contributed by atoms with Crippen molar-refractivity contribution in [1.29, 1.82) is 0 Å². The number of hydrogen-bond acceptors (Lipinski definition) is 4. The Morgan fingerprint density at radius 1 is 0.966 bits per heavy atom. The first-order valence-electron chi connectivity index (χ1n) is 9.39. The lowest BCUT2D eigenvalue weighted by Crippen LogP contribution is -2.26. The maximum Gasteiger partial charge on any atom is 0.269 e. The number of amides is 2. The number of anilines is 1. The minimum Gasteiger partial charge on any atom is -0.497 e. The summed E-state index contributed by atoms with van der Waals surface area (Å²) in [5, 5.41) is 5.64. The predicted molar refractivity (Wildman–Crippen MR) is 112 cm³/mol. The molecule has 0 aliphatic rings. The molecule has 3 aromatic rings. The number of nitrogens with zero attached hydrogens (tertiary/aromatic N) is 1. The van der Waals surface area contributed by atoms with Gasteiger partial charge >= 0.3 is 0 Å². The molecule has 3 rings (SSSR count). The largest absolute Gasteiger partial charge is 0.497 e. The van der Waals surface area contributed by atoms with Gasteiger partial charge in [0.25, 0.3) is 11.8 Å². The van der Waals surface area contributed by atoms with Crippen LogP contribution in [-0.2, 0) is 6.42 Å². The smallest absolute Gasteiger partial charge is 0.269 e. The minimum absolute atomic E-state index is 0.211. The van der Waals surface area contributed by atoms with Crippen LogP contribution in [0.1, 0.15) is 32.8 Å². The lowest BCUT2D eigenvalue weighted by atomic mass is 10.1.